The Bertz CT molecular complexity index is 491. The number of hydrogen-bond donors (Lipinski definition) is 1. The summed E-state index contributed by atoms with van der Waals surface area (Å²) < 4.78 is 6.51. The van der Waals surface area contributed by atoms with E-state index in [0.29, 0.717) is 15.8 Å². The number of aromatic nitrogens is 4. The molecule has 0 fully saturated rings. The molecule has 0 unspecified atom stereocenters. The molecule has 2 aromatic heterocycles. The van der Waals surface area contributed by atoms with Crippen LogP contribution in [0.25, 0.3) is 4.96 Å². The molecule has 15 heavy (non-hydrogen) atoms. The summed E-state index contributed by atoms with van der Waals surface area (Å²) in [6.07, 6.45) is 0. The molecule has 2 aromatic rings. The Morgan fingerprint density at radius 3 is 3.07 bits per heavy atom. The van der Waals surface area contributed by atoms with E-state index in [2.05, 4.69) is 15.3 Å². The maximum Gasteiger partial charge on any atom is 0.329 e. The first-order valence-electron chi connectivity index (χ1n) is 4.14. The molecule has 8 heteroatoms. The molecule has 0 aliphatic carbocycles. The largest absolute Gasteiger partial charge is 0.480 e. The lowest BCUT2D eigenvalue weighted by atomic mass is 10.7. The summed E-state index contributed by atoms with van der Waals surface area (Å²) in [6, 6.07) is 0. The van der Waals surface area contributed by atoms with Crippen molar-refractivity contribution in [3.63, 3.8) is 0 Å². The van der Waals surface area contributed by atoms with E-state index in [9.17, 15) is 4.79 Å². The van der Waals surface area contributed by atoms with Crippen LogP contribution in [0.2, 0.25) is 0 Å². The first-order valence-corrected chi connectivity index (χ1v) is 4.95. The number of hydrogen-bond acceptors (Lipinski definition) is 6. The molecule has 2 heterocycles. The Balaban J connectivity index is 2.05. The van der Waals surface area contributed by atoms with E-state index in [1.54, 1.807) is 11.4 Å². The van der Waals surface area contributed by atoms with E-state index >= 15 is 0 Å². The number of nitrogens with zero attached hydrogens (tertiary/aromatic N) is 4. The second kappa shape index (κ2) is 3.91. The van der Waals surface area contributed by atoms with Gasteiger partial charge in [-0.3, -0.25) is 0 Å². The van der Waals surface area contributed by atoms with Gasteiger partial charge in [-0.05, 0) is 6.92 Å². The summed E-state index contributed by atoms with van der Waals surface area (Å²) in [4.78, 5) is 10.9. The van der Waals surface area contributed by atoms with Crippen LogP contribution in [0.15, 0.2) is 0 Å². The number of carbonyl (C=O) groups is 1. The number of ether oxygens (including phenoxy) is 1. The molecular weight excluding hydrogens is 220 g/mol. The topological polar surface area (TPSA) is 89.6 Å². The lowest BCUT2D eigenvalue weighted by Crippen LogP contribution is -2.06. The molecule has 0 saturated carbocycles. The van der Waals surface area contributed by atoms with Gasteiger partial charge in [0.05, 0.1) is 0 Å². The standard InChI is InChI=1S/C7H8N4O3S/c1-4-8-9-7-11(4)10-5(15-7)2-14-3-6(12)13/h2-3H2,1H3,(H,12,13). The summed E-state index contributed by atoms with van der Waals surface area (Å²) in [5.41, 5.74) is 0. The van der Waals surface area contributed by atoms with E-state index in [1.807, 2.05) is 0 Å². The van der Waals surface area contributed by atoms with E-state index in [-0.39, 0.29) is 13.2 Å². The Morgan fingerprint density at radius 1 is 1.60 bits per heavy atom. The van der Waals surface area contributed by atoms with Gasteiger partial charge in [-0.1, -0.05) is 11.3 Å². The highest BCUT2D eigenvalue weighted by molar-refractivity contribution is 7.16. The van der Waals surface area contributed by atoms with E-state index in [0.717, 1.165) is 0 Å². The van der Waals surface area contributed by atoms with Crippen molar-refractivity contribution in [1.82, 2.24) is 19.8 Å². The van der Waals surface area contributed by atoms with Crippen LogP contribution in [0.4, 0.5) is 0 Å². The van der Waals surface area contributed by atoms with Crippen molar-refractivity contribution in [2.45, 2.75) is 13.5 Å². The third-order valence-electron chi connectivity index (χ3n) is 1.64. The molecule has 1 N–H and O–H groups in total. The highest BCUT2D eigenvalue weighted by atomic mass is 32.1. The van der Waals surface area contributed by atoms with Crippen molar-refractivity contribution in [1.29, 1.82) is 0 Å². The minimum Gasteiger partial charge on any atom is -0.480 e. The Morgan fingerprint density at radius 2 is 2.40 bits per heavy atom. The van der Waals surface area contributed by atoms with Gasteiger partial charge >= 0.3 is 5.97 Å². The zero-order chi connectivity index (χ0) is 10.8. The van der Waals surface area contributed by atoms with Crippen LogP contribution in [0.5, 0.6) is 0 Å². The SMILES string of the molecule is Cc1nnc2sc(COCC(=O)O)nn12. The predicted octanol–water partition coefficient (Wildman–Crippen LogP) is 0.0954. The summed E-state index contributed by atoms with van der Waals surface area (Å²) in [6.45, 7) is 1.65. The third-order valence-corrected chi connectivity index (χ3v) is 2.51. The van der Waals surface area contributed by atoms with Crippen molar-refractivity contribution < 1.29 is 14.6 Å². The van der Waals surface area contributed by atoms with Crippen molar-refractivity contribution in [3.05, 3.63) is 10.8 Å². The second-order valence-electron chi connectivity index (χ2n) is 2.82. The van der Waals surface area contributed by atoms with Gasteiger partial charge in [0.2, 0.25) is 4.96 Å². The van der Waals surface area contributed by atoms with Gasteiger partial charge in [0.15, 0.2) is 5.82 Å². The van der Waals surface area contributed by atoms with Crippen LogP contribution in [0, 0.1) is 6.92 Å². The third kappa shape index (κ3) is 2.10. The average Bonchev–Trinajstić information content (AvgIpc) is 2.69. The van der Waals surface area contributed by atoms with Gasteiger partial charge in [-0.15, -0.1) is 10.2 Å². The number of rotatable bonds is 4. The van der Waals surface area contributed by atoms with Gasteiger partial charge in [0.1, 0.15) is 18.2 Å². The fraction of sp³-hybridized carbons (Fsp3) is 0.429. The molecule has 80 valence electrons. The van der Waals surface area contributed by atoms with Gasteiger partial charge in [-0.25, -0.2) is 4.79 Å². The summed E-state index contributed by atoms with van der Waals surface area (Å²) in [7, 11) is 0. The minimum atomic E-state index is -0.991. The van der Waals surface area contributed by atoms with E-state index in [4.69, 9.17) is 9.84 Å². The number of carboxylic acids is 1. The quantitative estimate of drug-likeness (QED) is 0.798. The van der Waals surface area contributed by atoms with Crippen LogP contribution >= 0.6 is 11.3 Å². The lowest BCUT2D eigenvalue weighted by Gasteiger charge is -1.95. The molecule has 0 bridgehead atoms. The molecule has 0 radical (unpaired) electrons. The van der Waals surface area contributed by atoms with Gasteiger partial charge in [-0.2, -0.15) is 9.61 Å². The highest BCUT2D eigenvalue weighted by Crippen LogP contribution is 2.13. The van der Waals surface area contributed by atoms with E-state index in [1.165, 1.54) is 11.3 Å². The Hall–Kier alpha value is -1.54. The molecule has 7 nitrogen and oxygen atoms in total. The predicted molar refractivity (Wildman–Crippen MR) is 50.7 cm³/mol. The zero-order valence-electron chi connectivity index (χ0n) is 7.88. The first kappa shape index (κ1) is 9.99. The number of carboxylic acid groups (broad SMARTS) is 1. The van der Waals surface area contributed by atoms with Crippen LogP contribution in [-0.2, 0) is 16.1 Å². The fourth-order valence-electron chi connectivity index (χ4n) is 1.04. The number of aliphatic carboxylic acids is 1. The first-order chi connectivity index (χ1) is 7.16. The second-order valence-corrected chi connectivity index (χ2v) is 3.86. The molecule has 0 spiro atoms. The molecule has 0 saturated heterocycles. The molecule has 2 rings (SSSR count). The van der Waals surface area contributed by atoms with Crippen LogP contribution in [-0.4, -0.2) is 37.5 Å². The smallest absolute Gasteiger partial charge is 0.329 e. The highest BCUT2D eigenvalue weighted by Gasteiger charge is 2.08. The van der Waals surface area contributed by atoms with Crippen molar-refractivity contribution in [3.8, 4) is 0 Å². The normalized spacial score (nSPS) is 11.0. The summed E-state index contributed by atoms with van der Waals surface area (Å²) in [5, 5.41) is 20.9. The van der Waals surface area contributed by atoms with Crippen molar-refractivity contribution in [2.24, 2.45) is 0 Å². The molecule has 0 atom stereocenters. The summed E-state index contributed by atoms with van der Waals surface area (Å²) in [5.74, 6) is -0.292. The van der Waals surface area contributed by atoms with Crippen LogP contribution in [0.1, 0.15) is 10.8 Å². The number of aryl methyl sites for hydroxylation is 1. The molecule has 0 amide bonds. The Kier molecular flexibility index (Phi) is 2.60. The monoisotopic (exact) mass is 228 g/mol. The van der Waals surface area contributed by atoms with Crippen LogP contribution < -0.4 is 0 Å². The average molecular weight is 228 g/mol. The van der Waals surface area contributed by atoms with Crippen molar-refractivity contribution >= 4 is 22.3 Å². The Labute approximate surface area is 88.3 Å². The van der Waals surface area contributed by atoms with Gasteiger partial charge in [0, 0.05) is 0 Å². The molecule has 0 aliphatic heterocycles. The van der Waals surface area contributed by atoms with Gasteiger partial charge in [0.25, 0.3) is 0 Å². The molecular formula is C7H8N4O3S. The van der Waals surface area contributed by atoms with Crippen molar-refractivity contribution in [2.75, 3.05) is 6.61 Å². The summed E-state index contributed by atoms with van der Waals surface area (Å²) >= 11 is 1.33. The lowest BCUT2D eigenvalue weighted by molar-refractivity contribution is -0.142. The molecule has 0 aromatic carbocycles. The maximum absolute atomic E-state index is 10.2. The zero-order valence-corrected chi connectivity index (χ0v) is 8.69. The fourth-order valence-corrected chi connectivity index (χ4v) is 1.85. The van der Waals surface area contributed by atoms with Gasteiger partial charge < -0.3 is 9.84 Å². The number of fused-ring (bicyclic) bond motifs is 1. The van der Waals surface area contributed by atoms with E-state index < -0.39 is 5.97 Å². The maximum atomic E-state index is 10.2. The minimum absolute atomic E-state index is 0.180. The van der Waals surface area contributed by atoms with Crippen LogP contribution in [0.3, 0.4) is 0 Å². The molecule has 0 aliphatic rings.